The SMILES string of the molecule is C=C(c1cc2cnc(Nc3ccc(C4CN(C)CCS4)cc3)nc2n(Cc2ccnn2S(=O)(=O)CCN(C)C)c1=O)N(C)C. The third kappa shape index (κ3) is 6.98. The van der Waals surface area contributed by atoms with Gasteiger partial charge in [-0.25, -0.2) is 13.4 Å². The van der Waals surface area contributed by atoms with Crippen molar-refractivity contribution in [3.05, 3.63) is 82.5 Å². The van der Waals surface area contributed by atoms with Gasteiger partial charge in [0.2, 0.25) is 5.95 Å². The van der Waals surface area contributed by atoms with Crippen molar-refractivity contribution in [2.75, 3.05) is 71.7 Å². The summed E-state index contributed by atoms with van der Waals surface area (Å²) in [6.45, 7) is 6.47. The molecule has 0 bridgehead atoms. The summed E-state index contributed by atoms with van der Waals surface area (Å²) in [5.41, 5.74) is 3.33. The average molecular weight is 638 g/mol. The van der Waals surface area contributed by atoms with E-state index >= 15 is 0 Å². The highest BCUT2D eigenvalue weighted by molar-refractivity contribution is 7.99. The Morgan fingerprint density at radius 1 is 1.16 bits per heavy atom. The first-order valence-electron chi connectivity index (χ1n) is 14.3. The number of benzene rings is 1. The molecule has 14 heteroatoms. The summed E-state index contributed by atoms with van der Waals surface area (Å²) in [6, 6.07) is 11.6. The number of aromatic nitrogens is 5. The smallest absolute Gasteiger partial charge is 0.261 e. The highest BCUT2D eigenvalue weighted by atomic mass is 32.2. The summed E-state index contributed by atoms with van der Waals surface area (Å²) in [5.74, 6) is 1.31. The van der Waals surface area contributed by atoms with Crippen LogP contribution in [-0.4, -0.2) is 113 Å². The molecule has 1 fully saturated rings. The molecule has 1 unspecified atom stereocenters. The van der Waals surface area contributed by atoms with Gasteiger partial charge in [-0.2, -0.15) is 25.9 Å². The Bertz CT molecular complexity index is 1820. The maximum atomic E-state index is 13.9. The van der Waals surface area contributed by atoms with Crippen LogP contribution in [0.1, 0.15) is 22.1 Å². The molecule has 44 heavy (non-hydrogen) atoms. The minimum Gasteiger partial charge on any atom is -0.377 e. The van der Waals surface area contributed by atoms with Crippen LogP contribution in [0.5, 0.6) is 0 Å². The van der Waals surface area contributed by atoms with Crippen molar-refractivity contribution in [1.82, 2.24) is 38.4 Å². The summed E-state index contributed by atoms with van der Waals surface area (Å²) in [4.78, 5) is 29.1. The molecule has 4 heterocycles. The van der Waals surface area contributed by atoms with Crippen LogP contribution < -0.4 is 10.9 Å². The zero-order chi connectivity index (χ0) is 31.6. The molecule has 0 saturated carbocycles. The summed E-state index contributed by atoms with van der Waals surface area (Å²) < 4.78 is 28.8. The fourth-order valence-electron chi connectivity index (χ4n) is 4.93. The van der Waals surface area contributed by atoms with Crippen molar-refractivity contribution in [2.24, 2.45) is 0 Å². The molecule has 1 atom stereocenters. The Morgan fingerprint density at radius 2 is 1.91 bits per heavy atom. The molecule has 5 rings (SSSR count). The lowest BCUT2D eigenvalue weighted by atomic mass is 10.1. The summed E-state index contributed by atoms with van der Waals surface area (Å²) >= 11 is 1.97. The second-order valence-corrected chi connectivity index (χ2v) is 14.6. The van der Waals surface area contributed by atoms with Gasteiger partial charge in [0.05, 0.1) is 29.8 Å². The van der Waals surface area contributed by atoms with Gasteiger partial charge in [0.25, 0.3) is 15.6 Å². The normalized spacial score (nSPS) is 16.0. The number of pyridine rings is 1. The van der Waals surface area contributed by atoms with Gasteiger partial charge in [-0.05, 0) is 51.0 Å². The molecule has 4 aromatic rings. The summed E-state index contributed by atoms with van der Waals surface area (Å²) in [5, 5.41) is 8.40. The average Bonchev–Trinajstić information content (AvgIpc) is 3.47. The molecule has 0 spiro atoms. The first-order chi connectivity index (χ1) is 20.9. The van der Waals surface area contributed by atoms with Crippen molar-refractivity contribution in [3.8, 4) is 0 Å². The van der Waals surface area contributed by atoms with Crippen LogP contribution in [-0.2, 0) is 16.6 Å². The fraction of sp³-hybridized carbons (Fsp3) is 0.400. The predicted octanol–water partition coefficient (Wildman–Crippen LogP) is 2.77. The van der Waals surface area contributed by atoms with Crippen molar-refractivity contribution in [2.45, 2.75) is 11.8 Å². The number of likely N-dealkylation sites (N-methyl/N-ethyl adjacent to an activating group) is 1. The van der Waals surface area contributed by atoms with Crippen LogP contribution in [0.3, 0.4) is 0 Å². The number of anilines is 2. The van der Waals surface area contributed by atoms with E-state index < -0.39 is 10.0 Å². The van der Waals surface area contributed by atoms with Crippen LogP contribution in [0.15, 0.2) is 60.2 Å². The molecule has 1 saturated heterocycles. The maximum absolute atomic E-state index is 13.9. The molecule has 0 aliphatic carbocycles. The maximum Gasteiger partial charge on any atom is 0.261 e. The zero-order valence-electron chi connectivity index (χ0n) is 25.8. The number of fused-ring (bicyclic) bond motifs is 1. The van der Waals surface area contributed by atoms with Crippen molar-refractivity contribution >= 4 is 50.2 Å². The van der Waals surface area contributed by atoms with Gasteiger partial charge < -0.3 is 20.0 Å². The van der Waals surface area contributed by atoms with E-state index in [9.17, 15) is 13.2 Å². The molecule has 1 aliphatic rings. The molecule has 0 radical (unpaired) electrons. The van der Waals surface area contributed by atoms with Crippen molar-refractivity contribution in [3.63, 3.8) is 0 Å². The van der Waals surface area contributed by atoms with Gasteiger partial charge in [-0.1, -0.05) is 18.7 Å². The van der Waals surface area contributed by atoms with Gasteiger partial charge in [-0.3, -0.25) is 9.36 Å². The Kier molecular flexibility index (Phi) is 9.44. The minimum absolute atomic E-state index is 0.0657. The van der Waals surface area contributed by atoms with Gasteiger partial charge in [0.1, 0.15) is 5.65 Å². The number of hydrogen-bond acceptors (Lipinski definition) is 11. The standard InChI is InChI=1S/C30H39N9O3S2/c1-21(36(4)5)26-17-23-18-31-30(33-24-9-7-22(8-10-24)27-20-37(6)13-15-43-27)34-28(23)38(29(26)40)19-25-11-12-32-39(25)44(41,42)16-14-35(2)3/h7-12,17-18,27H,1,13-16,19-20H2,2-6H3,(H,31,33,34). The summed E-state index contributed by atoms with van der Waals surface area (Å²) in [7, 11) is 5.62. The highest BCUT2D eigenvalue weighted by Gasteiger charge is 2.22. The van der Waals surface area contributed by atoms with Gasteiger partial charge >= 0.3 is 0 Å². The molecule has 3 aromatic heterocycles. The van der Waals surface area contributed by atoms with E-state index in [2.05, 4.69) is 46.1 Å². The number of nitrogens with one attached hydrogen (secondary N) is 1. The van der Waals surface area contributed by atoms with E-state index in [-0.39, 0.29) is 17.9 Å². The fourth-order valence-corrected chi connectivity index (χ4v) is 7.79. The largest absolute Gasteiger partial charge is 0.377 e. The Labute approximate surface area is 262 Å². The van der Waals surface area contributed by atoms with Crippen LogP contribution in [0.4, 0.5) is 11.6 Å². The van der Waals surface area contributed by atoms with E-state index in [0.29, 0.717) is 45.7 Å². The number of thioether (sulfide) groups is 1. The Hall–Kier alpha value is -3.72. The van der Waals surface area contributed by atoms with E-state index in [0.717, 1.165) is 28.6 Å². The number of rotatable bonds is 11. The van der Waals surface area contributed by atoms with E-state index in [1.807, 2.05) is 52.1 Å². The van der Waals surface area contributed by atoms with E-state index in [1.54, 1.807) is 28.1 Å². The van der Waals surface area contributed by atoms with E-state index in [1.165, 1.54) is 16.3 Å². The van der Waals surface area contributed by atoms with Crippen molar-refractivity contribution in [1.29, 1.82) is 0 Å². The minimum atomic E-state index is -3.76. The van der Waals surface area contributed by atoms with Gasteiger partial charge in [0.15, 0.2) is 0 Å². The Balaban J connectivity index is 1.51. The quantitative estimate of drug-likeness (QED) is 0.261. The second-order valence-electron chi connectivity index (χ2n) is 11.4. The Morgan fingerprint density at radius 3 is 2.59 bits per heavy atom. The van der Waals surface area contributed by atoms with Crippen molar-refractivity contribution < 1.29 is 8.42 Å². The first kappa shape index (κ1) is 31.7. The predicted molar refractivity (Wildman–Crippen MR) is 178 cm³/mol. The molecular weight excluding hydrogens is 599 g/mol. The molecule has 234 valence electrons. The molecule has 1 N–H and O–H groups in total. The lowest BCUT2D eigenvalue weighted by Gasteiger charge is -2.29. The molecule has 1 aromatic carbocycles. The van der Waals surface area contributed by atoms with Crippen LogP contribution in [0, 0.1) is 0 Å². The summed E-state index contributed by atoms with van der Waals surface area (Å²) in [6.07, 6.45) is 3.08. The lowest BCUT2D eigenvalue weighted by molar-refractivity contribution is 0.347. The molecular formula is C30H39N9O3S2. The van der Waals surface area contributed by atoms with Crippen LogP contribution in [0.2, 0.25) is 0 Å². The number of nitrogens with zero attached hydrogens (tertiary/aromatic N) is 8. The van der Waals surface area contributed by atoms with Crippen LogP contribution in [0.25, 0.3) is 16.7 Å². The monoisotopic (exact) mass is 637 g/mol. The second kappa shape index (κ2) is 13.1. The van der Waals surface area contributed by atoms with E-state index in [4.69, 9.17) is 4.98 Å². The molecule has 0 amide bonds. The van der Waals surface area contributed by atoms with Gasteiger partial charge in [0, 0.05) is 67.7 Å². The first-order valence-corrected chi connectivity index (χ1v) is 16.9. The third-order valence-electron chi connectivity index (χ3n) is 7.55. The third-order valence-corrected chi connectivity index (χ3v) is 10.3. The number of hydrogen-bond donors (Lipinski definition) is 1. The van der Waals surface area contributed by atoms with Crippen LogP contribution >= 0.6 is 11.8 Å². The zero-order valence-corrected chi connectivity index (χ0v) is 27.4. The lowest BCUT2D eigenvalue weighted by Crippen LogP contribution is -2.31. The molecule has 1 aliphatic heterocycles. The molecule has 12 nitrogen and oxygen atoms in total. The topological polar surface area (TPSA) is 121 Å². The van der Waals surface area contributed by atoms with Gasteiger partial charge in [-0.15, -0.1) is 0 Å². The highest BCUT2D eigenvalue weighted by Crippen LogP contribution is 2.33.